The van der Waals surface area contributed by atoms with Gasteiger partial charge in [-0.15, -0.1) is 11.3 Å². The van der Waals surface area contributed by atoms with Gasteiger partial charge in [-0.3, -0.25) is 9.59 Å². The summed E-state index contributed by atoms with van der Waals surface area (Å²) in [6, 6.07) is 6.81. The number of sulfonamides is 1. The highest BCUT2D eigenvalue weighted by molar-refractivity contribution is 7.89. The number of ether oxygens (including phenoxy) is 1. The summed E-state index contributed by atoms with van der Waals surface area (Å²) in [4.78, 5) is 25.0. The number of aryl methyl sites for hydroxylation is 1. The zero-order valence-corrected chi connectivity index (χ0v) is 18.6. The minimum atomic E-state index is -3.73. The molecule has 0 spiro atoms. The van der Waals surface area contributed by atoms with Crippen molar-refractivity contribution in [1.82, 2.24) is 9.62 Å². The maximum Gasteiger partial charge on any atom is 0.263 e. The number of nitrogens with zero attached hydrogens (tertiary/aromatic N) is 1. The number of thiophene rings is 1. The molecule has 10 heteroatoms. The van der Waals surface area contributed by atoms with Gasteiger partial charge < -0.3 is 15.4 Å². The van der Waals surface area contributed by atoms with Crippen LogP contribution in [0.2, 0.25) is 0 Å². The van der Waals surface area contributed by atoms with Gasteiger partial charge in [-0.2, -0.15) is 4.31 Å². The minimum Gasteiger partial charge on any atom is -0.495 e. The van der Waals surface area contributed by atoms with E-state index in [9.17, 15) is 18.0 Å². The van der Waals surface area contributed by atoms with Crippen molar-refractivity contribution in [3.05, 3.63) is 40.1 Å². The van der Waals surface area contributed by atoms with E-state index < -0.39 is 21.8 Å². The predicted octanol–water partition coefficient (Wildman–Crippen LogP) is 2.61. The summed E-state index contributed by atoms with van der Waals surface area (Å²) in [5, 5.41) is 6.78. The van der Waals surface area contributed by atoms with Crippen LogP contribution in [0.1, 0.15) is 34.5 Å². The number of benzene rings is 1. The van der Waals surface area contributed by atoms with E-state index >= 15 is 0 Å². The number of amides is 2. The molecule has 2 amide bonds. The average molecular weight is 452 g/mol. The highest BCUT2D eigenvalue weighted by atomic mass is 32.2. The molecule has 3 rings (SSSR count). The fraction of sp³-hybridized carbons (Fsp3) is 0.400. The van der Waals surface area contributed by atoms with E-state index in [-0.39, 0.29) is 16.3 Å². The van der Waals surface area contributed by atoms with Gasteiger partial charge in [-0.25, -0.2) is 8.42 Å². The second-order valence-corrected chi connectivity index (χ2v) is 9.84. The largest absolute Gasteiger partial charge is 0.495 e. The molecule has 0 saturated carbocycles. The van der Waals surface area contributed by atoms with Crippen molar-refractivity contribution in [3.63, 3.8) is 0 Å². The number of hydrogen-bond acceptors (Lipinski definition) is 6. The van der Waals surface area contributed by atoms with Crippen LogP contribution in [0.15, 0.2) is 34.5 Å². The van der Waals surface area contributed by atoms with Crippen LogP contribution in [0.3, 0.4) is 0 Å². The SMILES string of the molecule is COc1ccc(C)cc1NC(=O)CNC(=O)c1sccc1S(=O)(=O)N1CCCCC1. The number of piperidine rings is 1. The van der Waals surface area contributed by atoms with Crippen molar-refractivity contribution < 1.29 is 22.7 Å². The Balaban J connectivity index is 1.66. The van der Waals surface area contributed by atoms with Crippen molar-refractivity contribution in [2.75, 3.05) is 32.1 Å². The van der Waals surface area contributed by atoms with Gasteiger partial charge >= 0.3 is 0 Å². The highest BCUT2D eigenvalue weighted by Crippen LogP contribution is 2.27. The van der Waals surface area contributed by atoms with Gasteiger partial charge in [0.1, 0.15) is 15.5 Å². The van der Waals surface area contributed by atoms with E-state index in [2.05, 4.69) is 10.6 Å². The summed E-state index contributed by atoms with van der Waals surface area (Å²) in [6.07, 6.45) is 2.63. The van der Waals surface area contributed by atoms with E-state index in [4.69, 9.17) is 4.74 Å². The molecular formula is C20H25N3O5S2. The van der Waals surface area contributed by atoms with E-state index in [1.807, 2.05) is 13.0 Å². The Hall–Kier alpha value is -2.43. The normalized spacial score (nSPS) is 14.9. The van der Waals surface area contributed by atoms with Gasteiger partial charge in [-0.1, -0.05) is 12.5 Å². The van der Waals surface area contributed by atoms with Crippen LogP contribution in [0, 0.1) is 6.92 Å². The molecule has 8 nitrogen and oxygen atoms in total. The monoisotopic (exact) mass is 451 g/mol. The summed E-state index contributed by atoms with van der Waals surface area (Å²) >= 11 is 1.04. The van der Waals surface area contributed by atoms with Gasteiger partial charge in [0.25, 0.3) is 5.91 Å². The van der Waals surface area contributed by atoms with E-state index in [1.54, 1.807) is 17.5 Å². The fourth-order valence-electron chi connectivity index (χ4n) is 3.27. The van der Waals surface area contributed by atoms with Gasteiger partial charge in [0, 0.05) is 13.1 Å². The van der Waals surface area contributed by atoms with Crippen molar-refractivity contribution in [2.24, 2.45) is 0 Å². The van der Waals surface area contributed by atoms with Crippen LogP contribution in [0.25, 0.3) is 0 Å². The molecule has 1 saturated heterocycles. The zero-order valence-electron chi connectivity index (χ0n) is 16.9. The number of carbonyl (C=O) groups is 2. The molecular weight excluding hydrogens is 426 g/mol. The van der Waals surface area contributed by atoms with Gasteiger partial charge in [0.15, 0.2) is 0 Å². The molecule has 0 aliphatic carbocycles. The Kier molecular flexibility index (Phi) is 7.11. The van der Waals surface area contributed by atoms with Crippen molar-refractivity contribution >= 4 is 38.9 Å². The van der Waals surface area contributed by atoms with Crippen LogP contribution >= 0.6 is 11.3 Å². The molecule has 0 unspecified atom stereocenters. The molecule has 1 aromatic heterocycles. The maximum atomic E-state index is 12.9. The maximum absolute atomic E-state index is 12.9. The standard InChI is InChI=1S/C20H25N3O5S2/c1-14-6-7-16(28-2)15(12-14)22-18(24)13-21-20(25)19-17(8-11-29-19)30(26,27)23-9-4-3-5-10-23/h6-8,11-12H,3-5,9-10,13H2,1-2H3,(H,21,25)(H,22,24). The van der Waals surface area contributed by atoms with E-state index in [0.29, 0.717) is 24.5 Å². The summed E-state index contributed by atoms with van der Waals surface area (Å²) < 4.78 is 32.5. The van der Waals surface area contributed by atoms with Gasteiger partial charge in [0.2, 0.25) is 15.9 Å². The molecule has 0 bridgehead atoms. The number of hydrogen-bond donors (Lipinski definition) is 2. The lowest BCUT2D eigenvalue weighted by Crippen LogP contribution is -2.37. The lowest BCUT2D eigenvalue weighted by molar-refractivity contribution is -0.115. The molecule has 2 N–H and O–H groups in total. The Morgan fingerprint density at radius 1 is 1.17 bits per heavy atom. The van der Waals surface area contributed by atoms with Crippen LogP contribution in [-0.4, -0.2) is 51.3 Å². The fourth-order valence-corrected chi connectivity index (χ4v) is 6.10. The molecule has 1 aliphatic heterocycles. The second kappa shape index (κ2) is 9.59. The first kappa shape index (κ1) is 22.3. The molecule has 0 radical (unpaired) electrons. The average Bonchev–Trinajstić information content (AvgIpc) is 3.24. The third-order valence-corrected chi connectivity index (χ3v) is 7.79. The smallest absolute Gasteiger partial charge is 0.263 e. The first-order chi connectivity index (χ1) is 14.3. The molecule has 30 heavy (non-hydrogen) atoms. The Morgan fingerprint density at radius 2 is 1.90 bits per heavy atom. The first-order valence-corrected chi connectivity index (χ1v) is 11.9. The molecule has 1 fully saturated rings. The highest BCUT2D eigenvalue weighted by Gasteiger charge is 2.31. The van der Waals surface area contributed by atoms with Crippen molar-refractivity contribution in [1.29, 1.82) is 0 Å². The Morgan fingerprint density at radius 3 is 2.60 bits per heavy atom. The first-order valence-electron chi connectivity index (χ1n) is 9.63. The minimum absolute atomic E-state index is 0.00679. The van der Waals surface area contributed by atoms with Crippen LogP contribution in [0.4, 0.5) is 5.69 Å². The van der Waals surface area contributed by atoms with E-state index in [1.165, 1.54) is 17.5 Å². The number of anilines is 1. The van der Waals surface area contributed by atoms with Crippen LogP contribution < -0.4 is 15.4 Å². The third-order valence-electron chi connectivity index (χ3n) is 4.81. The van der Waals surface area contributed by atoms with Crippen molar-refractivity contribution in [3.8, 4) is 5.75 Å². The second-order valence-electron chi connectivity index (χ2n) is 7.01. The molecule has 2 aromatic rings. The van der Waals surface area contributed by atoms with Gasteiger partial charge in [0.05, 0.1) is 19.3 Å². The Labute approximate surface area is 180 Å². The molecule has 0 atom stereocenters. The van der Waals surface area contributed by atoms with Crippen LogP contribution in [0.5, 0.6) is 5.75 Å². The summed E-state index contributed by atoms with van der Waals surface area (Å²) in [5.74, 6) is -0.523. The number of carbonyl (C=O) groups excluding carboxylic acids is 2. The summed E-state index contributed by atoms with van der Waals surface area (Å²) in [6.45, 7) is 2.51. The zero-order chi connectivity index (χ0) is 21.7. The molecule has 2 heterocycles. The predicted molar refractivity (Wildman–Crippen MR) is 116 cm³/mol. The number of methoxy groups -OCH3 is 1. The van der Waals surface area contributed by atoms with Gasteiger partial charge in [-0.05, 0) is 48.9 Å². The Bertz CT molecular complexity index is 1030. The number of rotatable bonds is 7. The molecule has 1 aliphatic rings. The van der Waals surface area contributed by atoms with Crippen molar-refractivity contribution in [2.45, 2.75) is 31.1 Å². The lowest BCUT2D eigenvalue weighted by atomic mass is 10.2. The summed E-state index contributed by atoms with van der Waals surface area (Å²) in [5.41, 5.74) is 1.45. The quantitative estimate of drug-likeness (QED) is 0.673. The third kappa shape index (κ3) is 5.00. The molecule has 1 aromatic carbocycles. The number of nitrogens with one attached hydrogen (secondary N) is 2. The summed E-state index contributed by atoms with van der Waals surface area (Å²) in [7, 11) is -2.23. The van der Waals surface area contributed by atoms with E-state index in [0.717, 1.165) is 36.2 Å². The topological polar surface area (TPSA) is 105 Å². The molecule has 162 valence electrons. The lowest BCUT2D eigenvalue weighted by Gasteiger charge is -2.25. The van der Waals surface area contributed by atoms with Crippen LogP contribution in [-0.2, 0) is 14.8 Å².